The molecule has 0 saturated carbocycles. The van der Waals surface area contributed by atoms with E-state index in [4.69, 9.17) is 23.2 Å². The second kappa shape index (κ2) is 7.32. The Morgan fingerprint density at radius 1 is 0.950 bits per heavy atom. The first kappa shape index (κ1) is 14.9. The third-order valence-electron chi connectivity index (χ3n) is 2.87. The van der Waals surface area contributed by atoms with E-state index in [0.717, 1.165) is 11.1 Å². The van der Waals surface area contributed by atoms with Crippen LogP contribution in [0.1, 0.15) is 11.1 Å². The van der Waals surface area contributed by atoms with Gasteiger partial charge in [0.05, 0.1) is 6.42 Å². The first-order valence-electron chi connectivity index (χ1n) is 6.39. The lowest BCUT2D eigenvalue weighted by Crippen LogP contribution is -2.27. The van der Waals surface area contributed by atoms with Crippen molar-refractivity contribution in [2.75, 3.05) is 6.54 Å². The monoisotopic (exact) mass is 307 g/mol. The molecule has 0 aromatic heterocycles. The van der Waals surface area contributed by atoms with Crippen LogP contribution in [-0.2, 0) is 17.6 Å². The van der Waals surface area contributed by atoms with Gasteiger partial charge in [0, 0.05) is 16.6 Å². The number of carbonyl (C=O) groups excluding carboxylic acids is 1. The predicted octanol–water partition coefficient (Wildman–Crippen LogP) is 3.89. The van der Waals surface area contributed by atoms with Crippen molar-refractivity contribution in [2.24, 2.45) is 0 Å². The summed E-state index contributed by atoms with van der Waals surface area (Å²) in [7, 11) is 0. The topological polar surface area (TPSA) is 29.1 Å². The molecule has 4 heteroatoms. The third-order valence-corrected chi connectivity index (χ3v) is 3.30. The lowest BCUT2D eigenvalue weighted by molar-refractivity contribution is -0.120. The highest BCUT2D eigenvalue weighted by molar-refractivity contribution is 6.34. The van der Waals surface area contributed by atoms with E-state index in [-0.39, 0.29) is 5.91 Å². The molecule has 2 rings (SSSR count). The molecule has 2 aromatic rings. The molecular weight excluding hydrogens is 293 g/mol. The molecule has 0 heterocycles. The zero-order valence-electron chi connectivity index (χ0n) is 10.9. The second-order valence-corrected chi connectivity index (χ2v) is 5.41. The van der Waals surface area contributed by atoms with Crippen molar-refractivity contribution in [3.63, 3.8) is 0 Å². The second-order valence-electron chi connectivity index (χ2n) is 4.54. The smallest absolute Gasteiger partial charge is 0.224 e. The van der Waals surface area contributed by atoms with Gasteiger partial charge in [-0.25, -0.2) is 0 Å². The van der Waals surface area contributed by atoms with Crippen molar-refractivity contribution in [2.45, 2.75) is 12.8 Å². The molecule has 0 aliphatic rings. The quantitative estimate of drug-likeness (QED) is 0.892. The van der Waals surface area contributed by atoms with Crippen LogP contribution in [-0.4, -0.2) is 12.5 Å². The minimum absolute atomic E-state index is 0.0179. The molecule has 0 fully saturated rings. The van der Waals surface area contributed by atoms with E-state index in [1.807, 2.05) is 42.5 Å². The zero-order valence-corrected chi connectivity index (χ0v) is 12.4. The van der Waals surface area contributed by atoms with Crippen LogP contribution in [0.4, 0.5) is 0 Å². The molecule has 0 saturated heterocycles. The van der Waals surface area contributed by atoms with Gasteiger partial charge in [-0.2, -0.15) is 0 Å². The van der Waals surface area contributed by atoms with Gasteiger partial charge < -0.3 is 5.32 Å². The van der Waals surface area contributed by atoms with Crippen molar-refractivity contribution in [3.05, 3.63) is 69.7 Å². The summed E-state index contributed by atoms with van der Waals surface area (Å²) in [6.45, 7) is 0.572. The van der Waals surface area contributed by atoms with E-state index < -0.39 is 0 Å². The minimum Gasteiger partial charge on any atom is -0.355 e. The van der Waals surface area contributed by atoms with E-state index in [2.05, 4.69) is 5.32 Å². The fourth-order valence-electron chi connectivity index (χ4n) is 1.95. The first-order valence-corrected chi connectivity index (χ1v) is 7.14. The normalized spacial score (nSPS) is 10.3. The van der Waals surface area contributed by atoms with Crippen LogP contribution in [0.2, 0.25) is 10.0 Å². The van der Waals surface area contributed by atoms with Crippen molar-refractivity contribution >= 4 is 29.1 Å². The van der Waals surface area contributed by atoms with Gasteiger partial charge in [-0.15, -0.1) is 0 Å². The summed E-state index contributed by atoms with van der Waals surface area (Å²) in [6, 6.07) is 15.1. The summed E-state index contributed by atoms with van der Waals surface area (Å²) < 4.78 is 0. The number of amides is 1. The van der Waals surface area contributed by atoms with Crippen LogP contribution < -0.4 is 5.32 Å². The van der Waals surface area contributed by atoms with E-state index in [0.29, 0.717) is 29.4 Å². The van der Waals surface area contributed by atoms with Gasteiger partial charge in [-0.3, -0.25) is 4.79 Å². The highest BCUT2D eigenvalue weighted by atomic mass is 35.5. The first-order chi connectivity index (χ1) is 9.63. The molecule has 1 N–H and O–H groups in total. The number of rotatable bonds is 5. The Kier molecular flexibility index (Phi) is 5.45. The molecule has 0 aliphatic carbocycles. The van der Waals surface area contributed by atoms with Crippen molar-refractivity contribution in [1.82, 2.24) is 5.32 Å². The molecule has 2 nitrogen and oxygen atoms in total. The van der Waals surface area contributed by atoms with E-state index in [1.165, 1.54) is 0 Å². The number of hydrogen-bond donors (Lipinski definition) is 1. The minimum atomic E-state index is 0.0179. The molecule has 0 unspecified atom stereocenters. The molecule has 0 aliphatic heterocycles. The lowest BCUT2D eigenvalue weighted by Gasteiger charge is -2.06. The predicted molar refractivity (Wildman–Crippen MR) is 83.3 cm³/mol. The zero-order chi connectivity index (χ0) is 14.4. The SMILES string of the molecule is O=C(Cc1ccccc1)NCCc1cc(Cl)cc(Cl)c1. The molecule has 104 valence electrons. The standard InChI is InChI=1S/C16H15Cl2NO/c17-14-8-13(9-15(18)11-14)6-7-19-16(20)10-12-4-2-1-3-5-12/h1-5,8-9,11H,6-7,10H2,(H,19,20). The summed E-state index contributed by atoms with van der Waals surface area (Å²) in [5, 5.41) is 4.12. The van der Waals surface area contributed by atoms with Crippen LogP contribution in [0, 0.1) is 0 Å². The lowest BCUT2D eigenvalue weighted by atomic mass is 10.1. The molecule has 20 heavy (non-hydrogen) atoms. The number of nitrogens with one attached hydrogen (secondary N) is 1. The number of carbonyl (C=O) groups is 1. The van der Waals surface area contributed by atoms with Gasteiger partial charge in [0.2, 0.25) is 5.91 Å². The molecule has 0 atom stereocenters. The van der Waals surface area contributed by atoms with Gasteiger partial charge in [-0.05, 0) is 35.7 Å². The Bertz CT molecular complexity index is 564. The molecule has 0 bridgehead atoms. The molecule has 0 spiro atoms. The maximum atomic E-state index is 11.8. The molecule has 2 aromatic carbocycles. The Morgan fingerprint density at radius 3 is 2.25 bits per heavy atom. The Morgan fingerprint density at radius 2 is 1.60 bits per heavy atom. The van der Waals surface area contributed by atoms with E-state index in [1.54, 1.807) is 6.07 Å². The van der Waals surface area contributed by atoms with Gasteiger partial charge in [0.1, 0.15) is 0 Å². The van der Waals surface area contributed by atoms with Crippen LogP contribution in [0.3, 0.4) is 0 Å². The average Bonchev–Trinajstić information content (AvgIpc) is 2.38. The maximum absolute atomic E-state index is 11.8. The maximum Gasteiger partial charge on any atom is 0.224 e. The Labute approximate surface area is 128 Å². The summed E-state index contributed by atoms with van der Waals surface area (Å²) >= 11 is 11.9. The highest BCUT2D eigenvalue weighted by Gasteiger charge is 2.03. The summed E-state index contributed by atoms with van der Waals surface area (Å²) in [6.07, 6.45) is 1.11. The molecular formula is C16H15Cl2NO. The van der Waals surface area contributed by atoms with Gasteiger partial charge in [-0.1, -0.05) is 53.5 Å². The largest absolute Gasteiger partial charge is 0.355 e. The number of benzene rings is 2. The van der Waals surface area contributed by atoms with Gasteiger partial charge in [0.15, 0.2) is 0 Å². The van der Waals surface area contributed by atoms with Crippen molar-refractivity contribution in [1.29, 1.82) is 0 Å². The van der Waals surface area contributed by atoms with Crippen LogP contribution in [0.5, 0.6) is 0 Å². The van der Waals surface area contributed by atoms with Crippen molar-refractivity contribution in [3.8, 4) is 0 Å². The van der Waals surface area contributed by atoms with Crippen molar-refractivity contribution < 1.29 is 4.79 Å². The molecule has 0 radical (unpaired) electrons. The average molecular weight is 308 g/mol. The molecule has 1 amide bonds. The van der Waals surface area contributed by atoms with E-state index in [9.17, 15) is 4.79 Å². The highest BCUT2D eigenvalue weighted by Crippen LogP contribution is 2.19. The van der Waals surface area contributed by atoms with Gasteiger partial charge >= 0.3 is 0 Å². The Hall–Kier alpha value is -1.51. The number of hydrogen-bond acceptors (Lipinski definition) is 1. The summed E-state index contributed by atoms with van der Waals surface area (Å²) in [5.41, 5.74) is 2.03. The van der Waals surface area contributed by atoms with E-state index >= 15 is 0 Å². The van der Waals surface area contributed by atoms with Crippen LogP contribution >= 0.6 is 23.2 Å². The van der Waals surface area contributed by atoms with Crippen LogP contribution in [0.25, 0.3) is 0 Å². The van der Waals surface area contributed by atoms with Gasteiger partial charge in [0.25, 0.3) is 0 Å². The fraction of sp³-hybridized carbons (Fsp3) is 0.188. The third kappa shape index (κ3) is 4.87. The van der Waals surface area contributed by atoms with Crippen LogP contribution in [0.15, 0.2) is 48.5 Å². The summed E-state index contributed by atoms with van der Waals surface area (Å²) in [4.78, 5) is 11.8. The fourth-order valence-corrected chi connectivity index (χ4v) is 2.52. The summed E-state index contributed by atoms with van der Waals surface area (Å²) in [5.74, 6) is 0.0179. The number of halogens is 2. The Balaban J connectivity index is 1.79.